The van der Waals surface area contributed by atoms with Gasteiger partial charge in [0.2, 0.25) is 0 Å². The van der Waals surface area contributed by atoms with Gasteiger partial charge in [0.25, 0.3) is 0 Å². The van der Waals surface area contributed by atoms with Gasteiger partial charge in [0.05, 0.1) is 17.8 Å². The summed E-state index contributed by atoms with van der Waals surface area (Å²) in [6.45, 7) is 36.9. The number of ether oxygens (including phenoxy) is 4. The Bertz CT molecular complexity index is 2870. The van der Waals surface area contributed by atoms with Crippen LogP contribution in [0.3, 0.4) is 0 Å². The number of hydrogen-bond donors (Lipinski definition) is 0. The van der Waals surface area contributed by atoms with Crippen LogP contribution in [0.5, 0.6) is 5.75 Å². The lowest BCUT2D eigenvalue weighted by Gasteiger charge is -2.59. The summed E-state index contributed by atoms with van der Waals surface area (Å²) in [5.74, 6) is 28.3. The van der Waals surface area contributed by atoms with E-state index < -0.39 is 0 Å². The van der Waals surface area contributed by atoms with Gasteiger partial charge < -0.3 is 18.9 Å². The number of carbonyl (C=O) groups excluding carboxylic acids is 3. The summed E-state index contributed by atoms with van der Waals surface area (Å²) in [5, 5.41) is 0. The molecule has 0 aliphatic heterocycles. The van der Waals surface area contributed by atoms with Gasteiger partial charge in [-0.3, -0.25) is 14.4 Å². The largest absolute Gasteiger partial charge is 0.488 e. The molecule has 18 saturated carbocycles. The molecule has 28 atom stereocenters. The summed E-state index contributed by atoms with van der Waals surface area (Å²) in [6.07, 6.45) is 30.7. The number of fused-ring (bicyclic) bond motifs is 27. The molecular weight excluding hydrogens is 1180 g/mol. The van der Waals surface area contributed by atoms with E-state index in [0.717, 1.165) is 180 Å². The minimum absolute atomic E-state index is 0. The highest BCUT2D eigenvalue weighted by Gasteiger charge is 2.71. The van der Waals surface area contributed by atoms with E-state index in [9.17, 15) is 14.4 Å². The molecule has 0 aromatic heterocycles. The quantitative estimate of drug-likeness (QED) is 0.131. The van der Waals surface area contributed by atoms with Crippen LogP contribution in [0.15, 0.2) is 24.3 Å². The fourth-order valence-corrected chi connectivity index (χ4v) is 29.6. The molecule has 18 aliphatic rings. The minimum Gasteiger partial charge on any atom is -0.488 e. The number of esters is 3. The zero-order valence-corrected chi connectivity index (χ0v) is 62.3. The fraction of sp³-hybridized carbons (Fsp3) is 0.899. The van der Waals surface area contributed by atoms with Crippen molar-refractivity contribution >= 4 is 17.9 Å². The highest BCUT2D eigenvalue weighted by atomic mass is 16.6. The molecule has 19 rings (SSSR count). The molecule has 0 N–H and O–H groups in total. The van der Waals surface area contributed by atoms with E-state index in [0.29, 0.717) is 41.4 Å². The third-order valence-electron chi connectivity index (χ3n) is 34.6. The van der Waals surface area contributed by atoms with Gasteiger partial charge in [-0.25, -0.2) is 0 Å². The Morgan fingerprint density at radius 2 is 0.854 bits per heavy atom. The van der Waals surface area contributed by atoms with E-state index in [1.165, 1.54) is 128 Å². The molecular formula is C89H142O7. The van der Waals surface area contributed by atoms with Gasteiger partial charge in [0.1, 0.15) is 28.2 Å². The summed E-state index contributed by atoms with van der Waals surface area (Å²) < 4.78 is 24.8. The Kier molecular flexibility index (Phi) is 19.9. The standard InChI is InChI=1S/C26H38O2.C25H40O2.C22H34O2.C14H22O.2CH4/c1-12-13(2)20-11-19(12)23-16-9-21(24(20)23)22(10-16)25(27)28-26(3)17-5-14-4-15(7-17)8-18(26)6-14;1-13-6-8-17(9-7-13)25(4,5)27-24(26)21-11-16-10-20(21)23-19-12-18(22(16)23)14(2)15(19)3;1-12-13(2)16-11-15(12)19-14-9-17(20(16)19)18(10-14)21(23)24-22(3)7-5-4-6-8-22;1-6-11(2)12-7-9-13(10-8-12)15-14(3,4)5;;/h12-24H,4-11H2,1-3H3;13-23H,6-12H2,1-5H3;12-20H,4-11H2,1-3H3;7-11H,6H2,1-5H3;2*1H4. The van der Waals surface area contributed by atoms with E-state index >= 15 is 0 Å². The highest BCUT2D eigenvalue weighted by molar-refractivity contribution is 5.75. The Labute approximate surface area is 587 Å². The van der Waals surface area contributed by atoms with Crippen LogP contribution in [-0.2, 0) is 28.6 Å². The van der Waals surface area contributed by atoms with Crippen LogP contribution in [-0.4, -0.2) is 40.3 Å². The van der Waals surface area contributed by atoms with Crippen molar-refractivity contribution in [3.05, 3.63) is 29.8 Å². The Morgan fingerprint density at radius 1 is 0.469 bits per heavy atom. The average Bonchev–Trinajstić information content (AvgIpc) is 1.50. The maximum Gasteiger partial charge on any atom is 0.309 e. The average molecular weight is 1320 g/mol. The monoisotopic (exact) mass is 1320 g/mol. The van der Waals surface area contributed by atoms with Crippen molar-refractivity contribution in [2.75, 3.05) is 0 Å². The van der Waals surface area contributed by atoms with Gasteiger partial charge in [-0.1, -0.05) is 109 Å². The van der Waals surface area contributed by atoms with Crippen LogP contribution in [0.2, 0.25) is 0 Å². The Morgan fingerprint density at radius 3 is 1.25 bits per heavy atom. The lowest BCUT2D eigenvalue weighted by Crippen LogP contribution is -2.58. The molecule has 16 bridgehead atoms. The van der Waals surface area contributed by atoms with Crippen LogP contribution < -0.4 is 4.74 Å². The minimum atomic E-state index is -0.283. The van der Waals surface area contributed by atoms with Crippen LogP contribution in [0.25, 0.3) is 0 Å². The first kappa shape index (κ1) is 71.8. The van der Waals surface area contributed by atoms with Gasteiger partial charge in [-0.05, 0) is 384 Å². The van der Waals surface area contributed by atoms with Crippen LogP contribution in [0.4, 0.5) is 0 Å². The summed E-state index contributed by atoms with van der Waals surface area (Å²) in [6, 6.07) is 8.45. The molecule has 18 aliphatic carbocycles. The van der Waals surface area contributed by atoms with E-state index in [2.05, 4.69) is 135 Å². The molecule has 96 heavy (non-hydrogen) atoms. The molecule has 7 nitrogen and oxygen atoms in total. The van der Waals surface area contributed by atoms with Crippen LogP contribution in [0, 0.1) is 195 Å². The van der Waals surface area contributed by atoms with Crippen molar-refractivity contribution in [3.63, 3.8) is 0 Å². The third kappa shape index (κ3) is 12.2. The first-order valence-electron chi connectivity index (χ1n) is 41.1. The normalized spacial score (nSPS) is 49.7. The first-order chi connectivity index (χ1) is 44.6. The molecule has 7 heteroatoms. The van der Waals surface area contributed by atoms with Gasteiger partial charge >= 0.3 is 17.9 Å². The van der Waals surface area contributed by atoms with Gasteiger partial charge in [0.15, 0.2) is 0 Å². The number of hydrogen-bond acceptors (Lipinski definition) is 7. The maximum atomic E-state index is 13.6. The number of benzene rings is 1. The molecule has 28 unspecified atom stereocenters. The molecule has 1 aromatic carbocycles. The van der Waals surface area contributed by atoms with Crippen LogP contribution >= 0.6 is 0 Å². The van der Waals surface area contributed by atoms with E-state index in [1.54, 1.807) is 0 Å². The fourth-order valence-electron chi connectivity index (χ4n) is 29.6. The zero-order valence-electron chi connectivity index (χ0n) is 62.3. The van der Waals surface area contributed by atoms with Crippen molar-refractivity contribution in [2.45, 2.75) is 308 Å². The molecule has 1 aromatic rings. The van der Waals surface area contributed by atoms with Gasteiger partial charge in [-0.15, -0.1) is 0 Å². The predicted molar refractivity (Wildman–Crippen MR) is 389 cm³/mol. The first-order valence-corrected chi connectivity index (χ1v) is 41.1. The summed E-state index contributed by atoms with van der Waals surface area (Å²) in [4.78, 5) is 39.9. The van der Waals surface area contributed by atoms with Crippen molar-refractivity contribution in [1.29, 1.82) is 0 Å². The lowest BCUT2D eigenvalue weighted by molar-refractivity contribution is -0.209. The lowest BCUT2D eigenvalue weighted by atomic mass is 9.50. The highest BCUT2D eigenvalue weighted by Crippen LogP contribution is 2.75. The molecule has 18 fully saturated rings. The van der Waals surface area contributed by atoms with Gasteiger partial charge in [0, 0.05) is 0 Å². The number of rotatable bonds is 10. The molecule has 0 saturated heterocycles. The Hall–Kier alpha value is -2.57. The SMILES string of the molecule is C.C.CC1C(C)C2CC1C1C3CC(C(=O)OC4(C)C5CC6CC(C5)CC4C6)C(C3)C21.CC1C(C)C2CC1C1C3CC(C(=O)OC4(C)CCCCC4)C(C3)C21.CC1CCC(C(C)(C)OC(=O)C2CC3CC2C2C4CC(C(C)C4C)C32)CC1.CCC(C)c1ccc(OC(C)(C)C)cc1. The van der Waals surface area contributed by atoms with Crippen molar-refractivity contribution in [3.8, 4) is 5.75 Å². The third-order valence-corrected chi connectivity index (χ3v) is 34.6. The zero-order chi connectivity index (χ0) is 66.1. The summed E-state index contributed by atoms with van der Waals surface area (Å²) in [7, 11) is 0. The second-order valence-electron chi connectivity index (χ2n) is 40.2. The predicted octanol–water partition coefficient (Wildman–Crippen LogP) is 22.2. The Balaban J connectivity index is 0.000000118. The molecule has 0 radical (unpaired) electrons. The van der Waals surface area contributed by atoms with E-state index in [1.807, 2.05) is 0 Å². The second kappa shape index (κ2) is 26.6. The number of carbonyl (C=O) groups is 3. The van der Waals surface area contributed by atoms with E-state index in [-0.39, 0.29) is 72.9 Å². The van der Waals surface area contributed by atoms with Crippen LogP contribution in [0.1, 0.15) is 291 Å². The maximum absolute atomic E-state index is 13.6. The van der Waals surface area contributed by atoms with Gasteiger partial charge in [-0.2, -0.15) is 0 Å². The van der Waals surface area contributed by atoms with Crippen molar-refractivity contribution in [2.24, 2.45) is 195 Å². The summed E-state index contributed by atoms with van der Waals surface area (Å²) in [5.41, 5.74) is 0.695. The van der Waals surface area contributed by atoms with Crippen molar-refractivity contribution in [1.82, 2.24) is 0 Å². The molecule has 0 spiro atoms. The summed E-state index contributed by atoms with van der Waals surface area (Å²) >= 11 is 0. The molecule has 0 amide bonds. The molecule has 540 valence electrons. The smallest absolute Gasteiger partial charge is 0.309 e. The van der Waals surface area contributed by atoms with E-state index in [4.69, 9.17) is 18.9 Å². The topological polar surface area (TPSA) is 88.1 Å². The second-order valence-corrected chi connectivity index (χ2v) is 40.2. The molecule has 0 heterocycles. The van der Waals surface area contributed by atoms with Crippen molar-refractivity contribution < 1.29 is 33.3 Å².